The van der Waals surface area contributed by atoms with Crippen molar-refractivity contribution in [1.82, 2.24) is 5.32 Å². The molecule has 4 nitrogen and oxygen atoms in total. The van der Waals surface area contributed by atoms with E-state index >= 15 is 0 Å². The minimum absolute atomic E-state index is 0.0992. The van der Waals surface area contributed by atoms with Crippen LogP contribution in [0.4, 0.5) is 0 Å². The summed E-state index contributed by atoms with van der Waals surface area (Å²) in [5.41, 5.74) is 1.54. The van der Waals surface area contributed by atoms with Crippen molar-refractivity contribution in [2.45, 2.75) is 33.3 Å². The predicted molar refractivity (Wildman–Crippen MR) is 75.6 cm³/mol. The van der Waals surface area contributed by atoms with Crippen LogP contribution in [0.3, 0.4) is 0 Å². The molecule has 0 radical (unpaired) electrons. The number of benzene rings is 1. The Kier molecular flexibility index (Phi) is 6.97. The third-order valence-electron chi connectivity index (χ3n) is 2.75. The van der Waals surface area contributed by atoms with E-state index in [0.29, 0.717) is 18.8 Å². The average molecular weight is 265 g/mol. The molecule has 0 saturated heterocycles. The lowest BCUT2D eigenvalue weighted by Crippen LogP contribution is -2.18. The highest BCUT2D eigenvalue weighted by Crippen LogP contribution is 2.21. The third kappa shape index (κ3) is 4.91. The van der Waals surface area contributed by atoms with Crippen LogP contribution in [0.2, 0.25) is 0 Å². The van der Waals surface area contributed by atoms with E-state index in [2.05, 4.69) is 12.2 Å². The molecule has 1 aromatic carbocycles. The van der Waals surface area contributed by atoms with Crippen molar-refractivity contribution in [2.24, 2.45) is 0 Å². The summed E-state index contributed by atoms with van der Waals surface area (Å²) in [6.07, 6.45) is 2.15. The highest BCUT2D eigenvalue weighted by atomic mass is 16.5. The van der Waals surface area contributed by atoms with Crippen molar-refractivity contribution in [3.05, 3.63) is 29.3 Å². The first-order valence-corrected chi connectivity index (χ1v) is 6.78. The van der Waals surface area contributed by atoms with E-state index in [1.54, 1.807) is 13.1 Å². The minimum atomic E-state index is -0.0992. The number of ether oxygens (including phenoxy) is 2. The van der Waals surface area contributed by atoms with Crippen LogP contribution in [-0.4, -0.2) is 26.2 Å². The Labute approximate surface area is 115 Å². The van der Waals surface area contributed by atoms with Crippen molar-refractivity contribution in [3.8, 4) is 5.75 Å². The van der Waals surface area contributed by atoms with E-state index in [1.807, 2.05) is 19.1 Å². The molecule has 0 heterocycles. The standard InChI is InChI=1S/C15H23NO3/c1-4-6-9-18-11-13-10-12(15(17)16-3)7-8-14(13)19-5-2/h7-8,10H,4-6,9,11H2,1-3H3,(H,16,17). The summed E-state index contributed by atoms with van der Waals surface area (Å²) in [5.74, 6) is 0.685. The number of carbonyl (C=O) groups excluding carboxylic acids is 1. The number of amides is 1. The Morgan fingerprint density at radius 2 is 2.11 bits per heavy atom. The molecule has 19 heavy (non-hydrogen) atoms. The van der Waals surface area contributed by atoms with Gasteiger partial charge in [-0.3, -0.25) is 4.79 Å². The summed E-state index contributed by atoms with van der Waals surface area (Å²) >= 11 is 0. The third-order valence-corrected chi connectivity index (χ3v) is 2.75. The van der Waals surface area contributed by atoms with E-state index in [9.17, 15) is 4.79 Å². The zero-order chi connectivity index (χ0) is 14.1. The summed E-state index contributed by atoms with van der Waals surface area (Å²) in [6.45, 7) is 5.86. The Morgan fingerprint density at radius 1 is 1.32 bits per heavy atom. The number of hydrogen-bond donors (Lipinski definition) is 1. The molecular formula is C15H23NO3. The predicted octanol–water partition coefficient (Wildman–Crippen LogP) is 2.76. The van der Waals surface area contributed by atoms with Crippen molar-refractivity contribution in [1.29, 1.82) is 0 Å². The lowest BCUT2D eigenvalue weighted by Gasteiger charge is -2.12. The fourth-order valence-electron chi connectivity index (χ4n) is 1.70. The van der Waals surface area contributed by atoms with Gasteiger partial charge in [0.25, 0.3) is 5.91 Å². The summed E-state index contributed by atoms with van der Waals surface area (Å²) in [4.78, 5) is 11.6. The van der Waals surface area contributed by atoms with Crippen LogP contribution in [0, 0.1) is 0 Å². The highest BCUT2D eigenvalue weighted by molar-refractivity contribution is 5.94. The van der Waals surface area contributed by atoms with Gasteiger partial charge in [0.2, 0.25) is 0 Å². The molecule has 0 bridgehead atoms. The molecule has 0 unspecified atom stereocenters. The molecule has 1 amide bonds. The summed E-state index contributed by atoms with van der Waals surface area (Å²) in [7, 11) is 1.62. The highest BCUT2D eigenvalue weighted by Gasteiger charge is 2.09. The Hall–Kier alpha value is -1.55. The molecule has 106 valence electrons. The van der Waals surface area contributed by atoms with Crippen LogP contribution in [0.25, 0.3) is 0 Å². The molecule has 0 atom stereocenters. The van der Waals surface area contributed by atoms with Crippen LogP contribution >= 0.6 is 0 Å². The number of nitrogens with one attached hydrogen (secondary N) is 1. The van der Waals surface area contributed by atoms with Crippen LogP contribution in [0.5, 0.6) is 5.75 Å². The largest absolute Gasteiger partial charge is 0.494 e. The molecule has 0 aliphatic rings. The normalized spacial score (nSPS) is 10.3. The van der Waals surface area contributed by atoms with Gasteiger partial charge in [0.1, 0.15) is 5.75 Å². The zero-order valence-corrected chi connectivity index (χ0v) is 12.0. The van der Waals surface area contributed by atoms with Crippen LogP contribution in [-0.2, 0) is 11.3 Å². The molecule has 0 spiro atoms. The fraction of sp³-hybridized carbons (Fsp3) is 0.533. The summed E-state index contributed by atoms with van der Waals surface area (Å²) in [5, 5.41) is 2.62. The van der Waals surface area contributed by atoms with Gasteiger partial charge in [0, 0.05) is 24.8 Å². The molecule has 1 rings (SSSR count). The first-order chi connectivity index (χ1) is 9.22. The molecule has 4 heteroatoms. The average Bonchev–Trinajstić information content (AvgIpc) is 2.44. The van der Waals surface area contributed by atoms with Gasteiger partial charge in [-0.25, -0.2) is 0 Å². The van der Waals surface area contributed by atoms with Crippen molar-refractivity contribution >= 4 is 5.91 Å². The van der Waals surface area contributed by atoms with Crippen LogP contribution < -0.4 is 10.1 Å². The minimum Gasteiger partial charge on any atom is -0.494 e. The zero-order valence-electron chi connectivity index (χ0n) is 12.0. The monoisotopic (exact) mass is 265 g/mol. The molecule has 0 aliphatic heterocycles. The van der Waals surface area contributed by atoms with Gasteiger partial charge in [0.05, 0.1) is 13.2 Å². The lowest BCUT2D eigenvalue weighted by atomic mass is 10.1. The van der Waals surface area contributed by atoms with Gasteiger partial charge in [-0.05, 0) is 31.5 Å². The fourth-order valence-corrected chi connectivity index (χ4v) is 1.70. The molecule has 1 aromatic rings. The molecule has 1 N–H and O–H groups in total. The van der Waals surface area contributed by atoms with E-state index in [1.165, 1.54) is 0 Å². The van der Waals surface area contributed by atoms with Gasteiger partial charge in [-0.1, -0.05) is 13.3 Å². The second kappa shape index (κ2) is 8.53. The van der Waals surface area contributed by atoms with E-state index in [0.717, 1.165) is 30.8 Å². The lowest BCUT2D eigenvalue weighted by molar-refractivity contribution is 0.0962. The molecule has 0 fully saturated rings. The maximum absolute atomic E-state index is 11.6. The second-order valence-corrected chi connectivity index (χ2v) is 4.24. The topological polar surface area (TPSA) is 47.6 Å². The first kappa shape index (κ1) is 15.5. The number of unbranched alkanes of at least 4 members (excludes halogenated alkanes) is 1. The smallest absolute Gasteiger partial charge is 0.251 e. The SMILES string of the molecule is CCCCOCc1cc(C(=O)NC)ccc1OCC. The summed E-state index contributed by atoms with van der Waals surface area (Å²) in [6, 6.07) is 5.42. The quantitative estimate of drug-likeness (QED) is 0.735. The van der Waals surface area contributed by atoms with E-state index < -0.39 is 0 Å². The second-order valence-electron chi connectivity index (χ2n) is 4.24. The van der Waals surface area contributed by atoms with Crippen LogP contribution in [0.15, 0.2) is 18.2 Å². The van der Waals surface area contributed by atoms with Gasteiger partial charge < -0.3 is 14.8 Å². The maximum Gasteiger partial charge on any atom is 0.251 e. The maximum atomic E-state index is 11.6. The molecule has 0 aromatic heterocycles. The van der Waals surface area contributed by atoms with Gasteiger partial charge >= 0.3 is 0 Å². The van der Waals surface area contributed by atoms with E-state index in [-0.39, 0.29) is 5.91 Å². The van der Waals surface area contributed by atoms with Gasteiger partial charge in [0.15, 0.2) is 0 Å². The van der Waals surface area contributed by atoms with Crippen LogP contribution in [0.1, 0.15) is 42.6 Å². The number of hydrogen-bond acceptors (Lipinski definition) is 3. The van der Waals surface area contributed by atoms with Crippen molar-refractivity contribution < 1.29 is 14.3 Å². The van der Waals surface area contributed by atoms with Crippen molar-refractivity contribution in [2.75, 3.05) is 20.3 Å². The Morgan fingerprint density at radius 3 is 2.74 bits per heavy atom. The summed E-state index contributed by atoms with van der Waals surface area (Å²) < 4.78 is 11.2. The molecule has 0 aliphatic carbocycles. The van der Waals surface area contributed by atoms with Crippen molar-refractivity contribution in [3.63, 3.8) is 0 Å². The number of rotatable bonds is 8. The molecule has 0 saturated carbocycles. The van der Waals surface area contributed by atoms with E-state index in [4.69, 9.17) is 9.47 Å². The molecular weight excluding hydrogens is 242 g/mol. The Bertz CT molecular complexity index is 404. The van der Waals surface area contributed by atoms with Gasteiger partial charge in [-0.15, -0.1) is 0 Å². The Balaban J connectivity index is 2.79. The van der Waals surface area contributed by atoms with Gasteiger partial charge in [-0.2, -0.15) is 0 Å². The first-order valence-electron chi connectivity index (χ1n) is 6.78. The number of carbonyl (C=O) groups is 1.